The highest BCUT2D eigenvalue weighted by atomic mass is 35.5. The average Bonchev–Trinajstić information content (AvgIpc) is 3.31. The van der Waals surface area contributed by atoms with Crippen LogP contribution in [-0.2, 0) is 17.9 Å². The van der Waals surface area contributed by atoms with Gasteiger partial charge in [0.25, 0.3) is 0 Å². The fraction of sp³-hybridized carbons (Fsp3) is 0.111. The average molecular weight is 517 g/mol. The first kappa shape index (κ1) is 25.0. The van der Waals surface area contributed by atoms with Gasteiger partial charge in [0, 0.05) is 17.1 Å². The Morgan fingerprint density at radius 1 is 1.08 bits per heavy atom. The van der Waals surface area contributed by atoms with E-state index in [9.17, 15) is 9.90 Å². The molecule has 0 radical (unpaired) electrons. The lowest BCUT2D eigenvalue weighted by atomic mass is 10.1. The van der Waals surface area contributed by atoms with E-state index >= 15 is 0 Å². The van der Waals surface area contributed by atoms with Gasteiger partial charge in [0.15, 0.2) is 11.0 Å². The third-order valence-corrected chi connectivity index (χ3v) is 6.46. The van der Waals surface area contributed by atoms with Gasteiger partial charge in [-0.15, -0.1) is 10.2 Å². The van der Waals surface area contributed by atoms with E-state index in [1.165, 1.54) is 0 Å². The standard InChI is InChI=1S/C27H21ClN4O3S/c1-2-32-25(21-9-11-22(28)12-10-21)30-31-27(32)36-24(26(33)34)15-18-7-13-23(14-8-18)35-17-20-5-3-19(16-29)4-6-20/h3-15H,2,17H2,1H3,(H,33,34)/b24-15-. The summed E-state index contributed by atoms with van der Waals surface area (Å²) in [4.78, 5) is 12.1. The number of halogens is 1. The van der Waals surface area contributed by atoms with Gasteiger partial charge in [-0.3, -0.25) is 0 Å². The third kappa shape index (κ3) is 6.13. The highest BCUT2D eigenvalue weighted by molar-refractivity contribution is 8.04. The van der Waals surface area contributed by atoms with E-state index in [0.717, 1.165) is 22.9 Å². The highest BCUT2D eigenvalue weighted by Gasteiger charge is 2.18. The molecule has 9 heteroatoms. The second-order valence-electron chi connectivity index (χ2n) is 7.64. The van der Waals surface area contributed by atoms with Crippen molar-refractivity contribution < 1.29 is 14.6 Å². The van der Waals surface area contributed by atoms with Gasteiger partial charge in [-0.05, 0) is 84.4 Å². The molecule has 0 amide bonds. The van der Waals surface area contributed by atoms with Crippen LogP contribution < -0.4 is 4.74 Å². The van der Waals surface area contributed by atoms with Crippen molar-refractivity contribution in [2.45, 2.75) is 25.2 Å². The van der Waals surface area contributed by atoms with Crippen LogP contribution in [-0.4, -0.2) is 25.8 Å². The van der Waals surface area contributed by atoms with Crippen molar-refractivity contribution in [3.8, 4) is 23.2 Å². The molecule has 0 bridgehead atoms. The zero-order valence-electron chi connectivity index (χ0n) is 19.3. The van der Waals surface area contributed by atoms with Gasteiger partial charge < -0.3 is 14.4 Å². The molecule has 0 aliphatic rings. The number of ether oxygens (including phenoxy) is 1. The van der Waals surface area contributed by atoms with Crippen LogP contribution >= 0.6 is 23.4 Å². The molecule has 1 aromatic heterocycles. The van der Waals surface area contributed by atoms with Crippen molar-refractivity contribution in [2.24, 2.45) is 0 Å². The van der Waals surface area contributed by atoms with Gasteiger partial charge in [-0.2, -0.15) is 5.26 Å². The lowest BCUT2D eigenvalue weighted by molar-refractivity contribution is -0.131. The molecule has 0 unspecified atom stereocenters. The van der Waals surface area contributed by atoms with Gasteiger partial charge >= 0.3 is 5.97 Å². The maximum Gasteiger partial charge on any atom is 0.342 e. The van der Waals surface area contributed by atoms with Crippen LogP contribution in [0.4, 0.5) is 0 Å². The Morgan fingerprint density at radius 2 is 1.78 bits per heavy atom. The monoisotopic (exact) mass is 516 g/mol. The molecular weight excluding hydrogens is 496 g/mol. The minimum absolute atomic E-state index is 0.117. The summed E-state index contributed by atoms with van der Waals surface area (Å²) in [5.74, 6) is 0.240. The van der Waals surface area contributed by atoms with Crippen LogP contribution in [0.3, 0.4) is 0 Å². The summed E-state index contributed by atoms with van der Waals surface area (Å²) in [5, 5.41) is 28.3. The van der Waals surface area contributed by atoms with E-state index in [0.29, 0.717) is 46.0 Å². The second kappa shape index (κ2) is 11.6. The van der Waals surface area contributed by atoms with E-state index < -0.39 is 5.97 Å². The Balaban J connectivity index is 1.48. The summed E-state index contributed by atoms with van der Waals surface area (Å²) in [6.45, 7) is 2.89. The molecular formula is C27H21ClN4O3S. The molecule has 4 rings (SSSR count). The quantitative estimate of drug-likeness (QED) is 0.206. The number of rotatable bonds is 9. The fourth-order valence-electron chi connectivity index (χ4n) is 3.35. The van der Waals surface area contributed by atoms with Crippen molar-refractivity contribution in [3.63, 3.8) is 0 Å². The number of aliphatic carboxylic acids is 1. The summed E-state index contributed by atoms with van der Waals surface area (Å²) in [6, 6.07) is 23.7. The lowest BCUT2D eigenvalue weighted by Gasteiger charge is -2.08. The minimum atomic E-state index is -1.06. The summed E-state index contributed by atoms with van der Waals surface area (Å²) >= 11 is 7.03. The molecule has 0 aliphatic heterocycles. The molecule has 7 nitrogen and oxygen atoms in total. The first-order valence-electron chi connectivity index (χ1n) is 11.0. The first-order valence-corrected chi connectivity index (χ1v) is 12.2. The van der Waals surface area contributed by atoms with Crippen molar-refractivity contribution in [1.82, 2.24) is 14.8 Å². The third-order valence-electron chi connectivity index (χ3n) is 5.21. The van der Waals surface area contributed by atoms with Crippen LogP contribution in [0.25, 0.3) is 17.5 Å². The number of nitrogens with zero attached hydrogens (tertiary/aromatic N) is 4. The smallest absolute Gasteiger partial charge is 0.342 e. The highest BCUT2D eigenvalue weighted by Crippen LogP contribution is 2.31. The first-order chi connectivity index (χ1) is 17.5. The number of hydrogen-bond donors (Lipinski definition) is 1. The zero-order valence-corrected chi connectivity index (χ0v) is 20.8. The molecule has 0 saturated heterocycles. The number of carboxylic acids is 1. The van der Waals surface area contributed by atoms with Crippen LogP contribution in [0.1, 0.15) is 23.6 Å². The van der Waals surface area contributed by atoms with Crippen molar-refractivity contribution in [1.29, 1.82) is 5.26 Å². The Morgan fingerprint density at radius 3 is 2.39 bits per heavy atom. The van der Waals surface area contributed by atoms with Gasteiger partial charge in [-0.1, -0.05) is 35.9 Å². The van der Waals surface area contributed by atoms with Gasteiger partial charge in [0.05, 0.1) is 11.6 Å². The predicted octanol–water partition coefficient (Wildman–Crippen LogP) is 6.29. The number of carboxylic acid groups (broad SMARTS) is 1. The number of carbonyl (C=O) groups is 1. The number of thioether (sulfide) groups is 1. The largest absolute Gasteiger partial charge is 0.489 e. The van der Waals surface area contributed by atoms with E-state index in [1.54, 1.807) is 54.6 Å². The van der Waals surface area contributed by atoms with Crippen LogP contribution in [0.5, 0.6) is 5.75 Å². The van der Waals surface area contributed by atoms with Gasteiger partial charge in [0.1, 0.15) is 17.3 Å². The molecule has 0 atom stereocenters. The van der Waals surface area contributed by atoms with E-state index in [2.05, 4.69) is 16.3 Å². The Kier molecular flexibility index (Phi) is 8.06. The summed E-state index contributed by atoms with van der Waals surface area (Å²) in [6.07, 6.45) is 1.59. The molecule has 180 valence electrons. The second-order valence-corrected chi connectivity index (χ2v) is 9.09. The SMILES string of the molecule is CCn1c(S/C(=C\c2ccc(OCc3ccc(C#N)cc3)cc2)C(=O)O)nnc1-c1ccc(Cl)cc1. The van der Waals surface area contributed by atoms with E-state index in [-0.39, 0.29) is 4.91 Å². The molecule has 0 spiro atoms. The number of aromatic nitrogens is 3. The molecule has 36 heavy (non-hydrogen) atoms. The van der Waals surface area contributed by atoms with E-state index in [4.69, 9.17) is 21.6 Å². The van der Waals surface area contributed by atoms with Crippen LogP contribution in [0.15, 0.2) is 82.9 Å². The fourth-order valence-corrected chi connectivity index (χ4v) is 4.36. The maximum atomic E-state index is 12.0. The normalized spacial score (nSPS) is 11.2. The topological polar surface area (TPSA) is 101 Å². The van der Waals surface area contributed by atoms with Crippen molar-refractivity contribution in [3.05, 3.63) is 99.4 Å². The molecule has 0 saturated carbocycles. The molecule has 1 N–H and O–H groups in total. The summed E-state index contributed by atoms with van der Waals surface area (Å²) < 4.78 is 7.66. The van der Waals surface area contributed by atoms with Crippen molar-refractivity contribution in [2.75, 3.05) is 0 Å². The number of nitriles is 1. The molecule has 3 aromatic carbocycles. The molecule has 0 fully saturated rings. The maximum absolute atomic E-state index is 12.0. The Bertz CT molecular complexity index is 1420. The Hall–Kier alpha value is -4.06. The predicted molar refractivity (Wildman–Crippen MR) is 140 cm³/mol. The van der Waals surface area contributed by atoms with E-state index in [1.807, 2.05) is 35.8 Å². The van der Waals surface area contributed by atoms with Gasteiger partial charge in [-0.25, -0.2) is 4.79 Å². The van der Waals surface area contributed by atoms with Crippen LogP contribution in [0, 0.1) is 11.3 Å². The number of hydrogen-bond acceptors (Lipinski definition) is 6. The number of benzene rings is 3. The Labute approximate surface area is 217 Å². The molecule has 4 aromatic rings. The van der Waals surface area contributed by atoms with Crippen LogP contribution in [0.2, 0.25) is 5.02 Å². The summed E-state index contributed by atoms with van der Waals surface area (Å²) in [7, 11) is 0. The lowest BCUT2D eigenvalue weighted by Crippen LogP contribution is -2.02. The molecule has 0 aliphatic carbocycles. The molecule has 1 heterocycles. The summed E-state index contributed by atoms with van der Waals surface area (Å²) in [5.41, 5.74) is 3.10. The van der Waals surface area contributed by atoms with Crippen molar-refractivity contribution >= 4 is 35.4 Å². The van der Waals surface area contributed by atoms with Gasteiger partial charge in [0.2, 0.25) is 0 Å². The minimum Gasteiger partial charge on any atom is -0.489 e. The zero-order chi connectivity index (χ0) is 25.5.